The lowest BCUT2D eigenvalue weighted by atomic mass is 9.98. The lowest BCUT2D eigenvalue weighted by Gasteiger charge is -2.42. The number of esters is 3. The predicted molar refractivity (Wildman–Crippen MR) is 74.0 cm³/mol. The zero-order valence-corrected chi connectivity index (χ0v) is 13.5. The Hall–Kier alpha value is -1.71. The van der Waals surface area contributed by atoms with Crippen LogP contribution in [0.1, 0.15) is 27.7 Å². The Bertz CT molecular complexity index is 436. The summed E-state index contributed by atoms with van der Waals surface area (Å²) in [5.74, 6) is -1.85. The minimum Gasteiger partial charge on any atom is -0.463 e. The quantitative estimate of drug-likeness (QED) is 0.508. The summed E-state index contributed by atoms with van der Waals surface area (Å²) in [5.41, 5.74) is 0. The molecule has 23 heavy (non-hydrogen) atoms. The first-order chi connectivity index (χ1) is 10.8. The van der Waals surface area contributed by atoms with Gasteiger partial charge in [-0.2, -0.15) is 0 Å². The Morgan fingerprint density at radius 1 is 0.957 bits per heavy atom. The van der Waals surface area contributed by atoms with Gasteiger partial charge in [-0.3, -0.25) is 14.4 Å². The molecule has 0 spiro atoms. The van der Waals surface area contributed by atoms with E-state index in [0.717, 1.165) is 0 Å². The highest BCUT2D eigenvalue weighted by atomic mass is 16.7. The van der Waals surface area contributed by atoms with Crippen LogP contribution >= 0.6 is 0 Å². The smallest absolute Gasteiger partial charge is 0.303 e. The maximum Gasteiger partial charge on any atom is 0.303 e. The molecule has 0 aliphatic carbocycles. The fraction of sp³-hybridized carbons (Fsp3) is 0.786. The normalized spacial score (nSPS) is 30.4. The van der Waals surface area contributed by atoms with Gasteiger partial charge in [0, 0.05) is 27.4 Å². The molecule has 9 heteroatoms. The molecule has 132 valence electrons. The maximum atomic E-state index is 11.3. The van der Waals surface area contributed by atoms with Crippen molar-refractivity contribution < 1.29 is 43.2 Å². The summed E-state index contributed by atoms with van der Waals surface area (Å²) in [5, 5.41) is 10.1. The molecule has 1 rings (SSSR count). The van der Waals surface area contributed by atoms with Crippen LogP contribution in [0.3, 0.4) is 0 Å². The van der Waals surface area contributed by atoms with E-state index in [1.54, 1.807) is 6.92 Å². The van der Waals surface area contributed by atoms with Crippen LogP contribution in [0.25, 0.3) is 0 Å². The number of aliphatic hydroxyl groups is 1. The predicted octanol–water partition coefficient (Wildman–Crippen LogP) is -0.465. The van der Waals surface area contributed by atoms with Crippen LogP contribution in [0.4, 0.5) is 0 Å². The number of aliphatic hydroxyl groups excluding tert-OH is 1. The average Bonchev–Trinajstić information content (AvgIpc) is 2.42. The third-order valence-electron chi connectivity index (χ3n) is 3.02. The highest BCUT2D eigenvalue weighted by Crippen LogP contribution is 2.27. The average molecular weight is 334 g/mol. The van der Waals surface area contributed by atoms with Crippen molar-refractivity contribution in [2.24, 2.45) is 0 Å². The molecule has 0 aromatic carbocycles. The van der Waals surface area contributed by atoms with Crippen LogP contribution < -0.4 is 0 Å². The summed E-state index contributed by atoms with van der Waals surface area (Å²) < 4.78 is 25.8. The highest BCUT2D eigenvalue weighted by molar-refractivity contribution is 5.67. The molecule has 1 aliphatic heterocycles. The van der Waals surface area contributed by atoms with Gasteiger partial charge < -0.3 is 28.8 Å². The Morgan fingerprint density at radius 2 is 1.52 bits per heavy atom. The van der Waals surface area contributed by atoms with Gasteiger partial charge in [-0.15, -0.1) is 0 Å². The first-order valence-corrected chi connectivity index (χ1v) is 7.19. The fourth-order valence-corrected chi connectivity index (χ4v) is 2.26. The molecular weight excluding hydrogens is 312 g/mol. The second kappa shape index (κ2) is 8.80. The van der Waals surface area contributed by atoms with Gasteiger partial charge in [0.15, 0.2) is 18.5 Å². The Kier molecular flexibility index (Phi) is 7.40. The minimum absolute atomic E-state index is 0.213. The zero-order chi connectivity index (χ0) is 17.6. The molecule has 1 heterocycles. The van der Waals surface area contributed by atoms with E-state index in [0.29, 0.717) is 0 Å². The van der Waals surface area contributed by atoms with Gasteiger partial charge in [0.1, 0.15) is 18.8 Å². The Balaban J connectivity index is 3.04. The molecule has 1 N–H and O–H groups in total. The van der Waals surface area contributed by atoms with Crippen molar-refractivity contribution in [2.75, 3.05) is 13.2 Å². The van der Waals surface area contributed by atoms with Crippen LogP contribution in [0.15, 0.2) is 0 Å². The van der Waals surface area contributed by atoms with E-state index in [2.05, 4.69) is 0 Å². The molecule has 9 nitrogen and oxygen atoms in total. The number of ether oxygens (including phenoxy) is 5. The molecule has 0 bridgehead atoms. The monoisotopic (exact) mass is 334 g/mol. The second-order valence-electron chi connectivity index (χ2n) is 4.94. The van der Waals surface area contributed by atoms with Crippen molar-refractivity contribution >= 4 is 17.9 Å². The molecule has 0 aromatic rings. The van der Waals surface area contributed by atoms with Crippen molar-refractivity contribution in [1.29, 1.82) is 0 Å². The van der Waals surface area contributed by atoms with E-state index in [4.69, 9.17) is 23.7 Å². The minimum atomic E-state index is -1.44. The van der Waals surface area contributed by atoms with Crippen LogP contribution in [-0.2, 0) is 38.1 Å². The number of hydrogen-bond donors (Lipinski definition) is 1. The molecule has 0 amide bonds. The second-order valence-corrected chi connectivity index (χ2v) is 4.94. The molecule has 1 fully saturated rings. The molecular formula is C14H22O9. The lowest BCUT2D eigenvalue weighted by Crippen LogP contribution is -2.62. The maximum absolute atomic E-state index is 11.3. The van der Waals surface area contributed by atoms with E-state index in [1.165, 1.54) is 20.8 Å². The molecule has 0 unspecified atom stereocenters. The number of carbonyl (C=O) groups excluding carboxylic acids is 3. The molecule has 5 atom stereocenters. The van der Waals surface area contributed by atoms with Gasteiger partial charge in [-0.25, -0.2) is 0 Å². The van der Waals surface area contributed by atoms with Crippen molar-refractivity contribution in [1.82, 2.24) is 0 Å². The summed E-state index contributed by atoms with van der Waals surface area (Å²) in [6.45, 7) is 5.17. The van der Waals surface area contributed by atoms with Crippen LogP contribution in [0.5, 0.6) is 0 Å². The topological polar surface area (TPSA) is 118 Å². The molecule has 1 aliphatic rings. The first kappa shape index (κ1) is 19.3. The number of carbonyl (C=O) groups is 3. The van der Waals surface area contributed by atoms with Crippen LogP contribution in [0.2, 0.25) is 0 Å². The van der Waals surface area contributed by atoms with E-state index in [1.807, 2.05) is 0 Å². The molecule has 0 saturated carbocycles. The summed E-state index contributed by atoms with van der Waals surface area (Å²) in [6.07, 6.45) is -5.66. The van der Waals surface area contributed by atoms with Crippen LogP contribution in [-0.4, -0.2) is 66.9 Å². The SMILES string of the molecule is CCO[C@@H]1[C@@H](OC(C)=O)[C@H](OC(C)=O)[C@@H](COC(C)=O)O[C@H]1O. The summed E-state index contributed by atoms with van der Waals surface area (Å²) in [6, 6.07) is 0. The van der Waals surface area contributed by atoms with Gasteiger partial charge in [0.05, 0.1) is 0 Å². The first-order valence-electron chi connectivity index (χ1n) is 7.19. The molecule has 1 saturated heterocycles. The van der Waals surface area contributed by atoms with Crippen molar-refractivity contribution in [3.63, 3.8) is 0 Å². The fourth-order valence-electron chi connectivity index (χ4n) is 2.26. The van der Waals surface area contributed by atoms with E-state index >= 15 is 0 Å². The Morgan fingerprint density at radius 3 is 2.00 bits per heavy atom. The van der Waals surface area contributed by atoms with Gasteiger partial charge >= 0.3 is 17.9 Å². The molecule has 0 aromatic heterocycles. The van der Waals surface area contributed by atoms with Crippen LogP contribution in [0, 0.1) is 0 Å². The van der Waals surface area contributed by atoms with E-state index in [-0.39, 0.29) is 13.2 Å². The largest absolute Gasteiger partial charge is 0.463 e. The van der Waals surface area contributed by atoms with Crippen molar-refractivity contribution in [3.8, 4) is 0 Å². The summed E-state index contributed by atoms with van der Waals surface area (Å²) in [7, 11) is 0. The number of rotatable bonds is 6. The van der Waals surface area contributed by atoms with Gasteiger partial charge in [-0.05, 0) is 6.92 Å². The lowest BCUT2D eigenvalue weighted by molar-refractivity contribution is -0.301. The zero-order valence-electron chi connectivity index (χ0n) is 13.5. The summed E-state index contributed by atoms with van der Waals surface area (Å²) >= 11 is 0. The number of hydrogen-bond acceptors (Lipinski definition) is 9. The molecule has 0 radical (unpaired) electrons. The van der Waals surface area contributed by atoms with Gasteiger partial charge in [0.2, 0.25) is 0 Å². The van der Waals surface area contributed by atoms with E-state index in [9.17, 15) is 19.5 Å². The van der Waals surface area contributed by atoms with E-state index < -0.39 is 48.6 Å². The summed E-state index contributed by atoms with van der Waals surface area (Å²) in [4.78, 5) is 33.7. The standard InChI is InChI=1S/C14H22O9/c1-5-19-13-12(22-9(4)17)11(21-8(3)16)10(23-14(13)18)6-20-7(2)15/h10-14,18H,5-6H2,1-4H3/t10-,11-,12+,13-,14-/m1/s1. The van der Waals surface area contributed by atoms with Gasteiger partial charge in [0.25, 0.3) is 0 Å². The van der Waals surface area contributed by atoms with Crippen molar-refractivity contribution in [2.45, 2.75) is 58.4 Å². The third kappa shape index (κ3) is 5.77. The third-order valence-corrected chi connectivity index (χ3v) is 3.02. The Labute approximate surface area is 133 Å². The van der Waals surface area contributed by atoms with Gasteiger partial charge in [-0.1, -0.05) is 0 Å². The highest BCUT2D eigenvalue weighted by Gasteiger charge is 2.50. The van der Waals surface area contributed by atoms with Crippen molar-refractivity contribution in [3.05, 3.63) is 0 Å².